The van der Waals surface area contributed by atoms with Gasteiger partial charge in [0.15, 0.2) is 0 Å². The Morgan fingerprint density at radius 1 is 1.11 bits per heavy atom. The fourth-order valence-electron chi connectivity index (χ4n) is 0.887. The van der Waals surface area contributed by atoms with E-state index < -0.39 is 0 Å². The lowest BCUT2D eigenvalue weighted by atomic mass is 10.1. The molecule has 1 heteroatoms. The summed E-state index contributed by atoms with van der Waals surface area (Å²) in [7, 11) is 1.76. The largest absolute Gasteiger partial charge is 0.375 e. The summed E-state index contributed by atoms with van der Waals surface area (Å²) in [4.78, 5) is 0. The predicted octanol–water partition coefficient (Wildman–Crippen LogP) is 2.76. The van der Waals surface area contributed by atoms with Gasteiger partial charge in [-0.05, 0) is 12.8 Å². The molecule has 0 aliphatic rings. The normalized spacial score (nSPS) is 10.7. The van der Waals surface area contributed by atoms with Crippen LogP contribution in [0.1, 0.15) is 39.5 Å². The van der Waals surface area contributed by atoms with Crippen LogP contribution in [0.4, 0.5) is 0 Å². The van der Waals surface area contributed by atoms with Gasteiger partial charge in [0.2, 0.25) is 0 Å². The quantitative estimate of drug-likeness (QED) is 0.554. The van der Waals surface area contributed by atoms with Gasteiger partial charge in [-0.15, -0.1) is 0 Å². The fraction of sp³-hybridized carbons (Fsp3) is 0.875. The Labute approximate surface area is 58.4 Å². The Bertz CT molecular complexity index is 46.5. The van der Waals surface area contributed by atoms with Gasteiger partial charge in [-0.2, -0.15) is 0 Å². The molecule has 0 spiro atoms. The Kier molecular flexibility index (Phi) is 6.06. The van der Waals surface area contributed by atoms with Crippen LogP contribution in [0.5, 0.6) is 0 Å². The molecule has 1 nitrogen and oxygen atoms in total. The summed E-state index contributed by atoms with van der Waals surface area (Å²) < 4.78 is 5.15. The molecule has 0 aromatic rings. The zero-order valence-corrected chi connectivity index (χ0v) is 6.74. The molecule has 0 rings (SSSR count). The van der Waals surface area contributed by atoms with Crippen LogP contribution in [-0.2, 0) is 4.74 Å². The smallest absolute Gasteiger partial charge is 0.0966 e. The summed E-state index contributed by atoms with van der Waals surface area (Å²) in [5.41, 5.74) is 0. The maximum atomic E-state index is 5.15. The highest BCUT2D eigenvalue weighted by Crippen LogP contribution is 2.15. The summed E-state index contributed by atoms with van der Waals surface area (Å²) in [6.07, 6.45) is 5.90. The third kappa shape index (κ3) is 4.46. The maximum Gasteiger partial charge on any atom is 0.0966 e. The molecule has 0 bridgehead atoms. The van der Waals surface area contributed by atoms with Crippen LogP contribution in [0.15, 0.2) is 0 Å². The summed E-state index contributed by atoms with van der Waals surface area (Å²) in [5, 5.41) is 0. The zero-order chi connectivity index (χ0) is 7.11. The molecule has 0 saturated heterocycles. The van der Waals surface area contributed by atoms with Crippen molar-refractivity contribution in [2.45, 2.75) is 39.5 Å². The van der Waals surface area contributed by atoms with Gasteiger partial charge in [-0.25, -0.2) is 0 Å². The van der Waals surface area contributed by atoms with E-state index in [9.17, 15) is 0 Å². The first kappa shape index (κ1) is 8.96. The topological polar surface area (TPSA) is 9.23 Å². The van der Waals surface area contributed by atoms with E-state index in [1.165, 1.54) is 18.9 Å². The predicted molar refractivity (Wildman–Crippen MR) is 40.1 cm³/mol. The number of rotatable bonds is 5. The molecule has 0 fully saturated rings. The average molecular weight is 129 g/mol. The molecule has 0 amide bonds. The van der Waals surface area contributed by atoms with Crippen LogP contribution in [0, 0.1) is 6.10 Å². The second kappa shape index (κ2) is 6.09. The third-order valence-corrected chi connectivity index (χ3v) is 1.35. The molecule has 1 radical (unpaired) electrons. The lowest BCUT2D eigenvalue weighted by Crippen LogP contribution is -1.98. The standard InChI is InChI=1S/C8H17O/c1-4-6-8(9-3)7-5-2/h4-7H2,1-3H3. The van der Waals surface area contributed by atoms with E-state index in [1.807, 2.05) is 0 Å². The number of hydrogen-bond donors (Lipinski definition) is 0. The molecule has 0 aliphatic heterocycles. The Morgan fingerprint density at radius 2 is 1.56 bits per heavy atom. The van der Waals surface area contributed by atoms with Gasteiger partial charge >= 0.3 is 0 Å². The molecule has 55 valence electrons. The van der Waals surface area contributed by atoms with Crippen LogP contribution in [0.3, 0.4) is 0 Å². The van der Waals surface area contributed by atoms with Gasteiger partial charge in [-0.3, -0.25) is 0 Å². The molecular weight excluding hydrogens is 112 g/mol. The number of ether oxygens (including phenoxy) is 1. The average Bonchev–Trinajstić information content (AvgIpc) is 1.88. The maximum absolute atomic E-state index is 5.15. The summed E-state index contributed by atoms with van der Waals surface area (Å²) >= 11 is 0. The zero-order valence-electron chi connectivity index (χ0n) is 6.74. The fourth-order valence-corrected chi connectivity index (χ4v) is 0.887. The van der Waals surface area contributed by atoms with Gasteiger partial charge in [-0.1, -0.05) is 26.7 Å². The van der Waals surface area contributed by atoms with Gasteiger partial charge in [0.05, 0.1) is 6.10 Å². The van der Waals surface area contributed by atoms with E-state index in [2.05, 4.69) is 13.8 Å². The first-order chi connectivity index (χ1) is 4.35. The van der Waals surface area contributed by atoms with Crippen molar-refractivity contribution in [3.8, 4) is 0 Å². The van der Waals surface area contributed by atoms with Crippen LogP contribution < -0.4 is 0 Å². The number of hydrogen-bond acceptors (Lipinski definition) is 1. The van der Waals surface area contributed by atoms with Gasteiger partial charge in [0, 0.05) is 7.11 Å². The van der Waals surface area contributed by atoms with Crippen molar-refractivity contribution in [3.05, 3.63) is 6.10 Å². The van der Waals surface area contributed by atoms with Crippen molar-refractivity contribution >= 4 is 0 Å². The lowest BCUT2D eigenvalue weighted by Gasteiger charge is -2.10. The first-order valence-corrected chi connectivity index (χ1v) is 3.73. The van der Waals surface area contributed by atoms with Crippen LogP contribution in [0.25, 0.3) is 0 Å². The summed E-state index contributed by atoms with van der Waals surface area (Å²) in [6.45, 7) is 4.35. The molecule has 0 aromatic carbocycles. The van der Waals surface area contributed by atoms with Crippen molar-refractivity contribution < 1.29 is 4.74 Å². The lowest BCUT2D eigenvalue weighted by molar-refractivity contribution is 0.183. The molecule has 0 atom stereocenters. The molecule has 0 aromatic heterocycles. The van der Waals surface area contributed by atoms with Crippen molar-refractivity contribution in [2.75, 3.05) is 7.11 Å². The van der Waals surface area contributed by atoms with E-state index in [-0.39, 0.29) is 0 Å². The highest BCUT2D eigenvalue weighted by atomic mass is 16.5. The molecule has 0 saturated carbocycles. The molecule has 9 heavy (non-hydrogen) atoms. The van der Waals surface area contributed by atoms with E-state index in [4.69, 9.17) is 4.74 Å². The van der Waals surface area contributed by atoms with E-state index >= 15 is 0 Å². The van der Waals surface area contributed by atoms with Gasteiger partial charge < -0.3 is 4.74 Å². The van der Waals surface area contributed by atoms with Crippen molar-refractivity contribution in [1.82, 2.24) is 0 Å². The van der Waals surface area contributed by atoms with E-state index in [0.29, 0.717) is 0 Å². The minimum atomic E-state index is 1.13. The van der Waals surface area contributed by atoms with E-state index in [1.54, 1.807) is 7.11 Å². The van der Waals surface area contributed by atoms with Crippen LogP contribution in [-0.4, -0.2) is 7.11 Å². The SMILES string of the molecule is CCC[C](CCC)OC. The number of methoxy groups -OCH3 is 1. The van der Waals surface area contributed by atoms with Gasteiger partial charge in [0.1, 0.15) is 0 Å². The molecular formula is C8H17O. The van der Waals surface area contributed by atoms with Crippen molar-refractivity contribution in [2.24, 2.45) is 0 Å². The Hall–Kier alpha value is -0.0400. The third-order valence-electron chi connectivity index (χ3n) is 1.35. The second-order valence-electron chi connectivity index (χ2n) is 2.24. The van der Waals surface area contributed by atoms with Crippen LogP contribution in [0.2, 0.25) is 0 Å². The Morgan fingerprint density at radius 3 is 1.78 bits per heavy atom. The van der Waals surface area contributed by atoms with Crippen LogP contribution >= 0.6 is 0 Å². The van der Waals surface area contributed by atoms with Gasteiger partial charge in [0.25, 0.3) is 0 Å². The van der Waals surface area contributed by atoms with Crippen molar-refractivity contribution in [3.63, 3.8) is 0 Å². The highest BCUT2D eigenvalue weighted by molar-refractivity contribution is 4.75. The summed E-state index contributed by atoms with van der Waals surface area (Å²) in [5.74, 6) is 0. The minimum absolute atomic E-state index is 1.13. The molecule has 0 heterocycles. The van der Waals surface area contributed by atoms with E-state index in [0.717, 1.165) is 12.8 Å². The summed E-state index contributed by atoms with van der Waals surface area (Å²) in [6, 6.07) is 0. The minimum Gasteiger partial charge on any atom is -0.375 e. The molecule has 0 unspecified atom stereocenters. The highest BCUT2D eigenvalue weighted by Gasteiger charge is 2.03. The second-order valence-corrected chi connectivity index (χ2v) is 2.24. The monoisotopic (exact) mass is 129 g/mol. The Balaban J connectivity index is 3.18. The molecule has 0 N–H and O–H groups in total. The first-order valence-electron chi connectivity index (χ1n) is 3.73. The van der Waals surface area contributed by atoms with Crippen molar-refractivity contribution in [1.29, 1.82) is 0 Å². The molecule has 0 aliphatic carbocycles.